The van der Waals surface area contributed by atoms with E-state index in [1.165, 1.54) is 12.8 Å². The molecule has 2 unspecified atom stereocenters. The van der Waals surface area contributed by atoms with Crippen LogP contribution in [0.3, 0.4) is 0 Å². The summed E-state index contributed by atoms with van der Waals surface area (Å²) in [6.45, 7) is 8.92. The van der Waals surface area contributed by atoms with Crippen LogP contribution in [0.2, 0.25) is 0 Å². The first-order valence-electron chi connectivity index (χ1n) is 4.83. The van der Waals surface area contributed by atoms with Crippen molar-refractivity contribution in [3.8, 4) is 0 Å². The zero-order chi connectivity index (χ0) is 8.27. The van der Waals surface area contributed by atoms with Crippen molar-refractivity contribution in [2.24, 2.45) is 17.8 Å². The van der Waals surface area contributed by atoms with E-state index in [1.54, 1.807) is 0 Å². The molecule has 0 bridgehead atoms. The van der Waals surface area contributed by atoms with E-state index in [2.05, 4.69) is 20.8 Å². The Morgan fingerprint density at radius 1 is 1.45 bits per heavy atom. The Hall–Kier alpha value is -0.0400. The van der Waals surface area contributed by atoms with E-state index in [9.17, 15) is 0 Å². The fourth-order valence-electron chi connectivity index (χ4n) is 2.11. The van der Waals surface area contributed by atoms with Crippen LogP contribution in [0.1, 0.15) is 33.6 Å². The molecule has 0 N–H and O–H groups in total. The molecule has 1 fully saturated rings. The van der Waals surface area contributed by atoms with Crippen molar-refractivity contribution in [2.45, 2.75) is 33.6 Å². The molecule has 1 heterocycles. The first-order valence-corrected chi connectivity index (χ1v) is 4.83. The molecule has 1 aliphatic heterocycles. The van der Waals surface area contributed by atoms with E-state index >= 15 is 0 Å². The van der Waals surface area contributed by atoms with Crippen LogP contribution in [0.15, 0.2) is 0 Å². The topological polar surface area (TPSA) is 9.23 Å². The van der Waals surface area contributed by atoms with Gasteiger partial charge in [-0.2, -0.15) is 0 Å². The zero-order valence-electron chi connectivity index (χ0n) is 7.97. The van der Waals surface area contributed by atoms with Crippen molar-refractivity contribution in [1.29, 1.82) is 0 Å². The van der Waals surface area contributed by atoms with Gasteiger partial charge in [0.1, 0.15) is 0 Å². The Kier molecular flexibility index (Phi) is 3.38. The molecule has 66 valence electrons. The SMILES string of the molecule is CCC1COCCC1C(C)C. The Bertz CT molecular complexity index is 109. The van der Waals surface area contributed by atoms with E-state index in [0.717, 1.165) is 31.0 Å². The highest BCUT2D eigenvalue weighted by Crippen LogP contribution is 2.30. The highest BCUT2D eigenvalue weighted by molar-refractivity contribution is 4.74. The Labute approximate surface area is 70.1 Å². The third-order valence-corrected chi connectivity index (χ3v) is 2.91. The summed E-state index contributed by atoms with van der Waals surface area (Å²) < 4.78 is 5.45. The summed E-state index contributed by atoms with van der Waals surface area (Å²) in [5.74, 6) is 2.57. The first-order chi connectivity index (χ1) is 5.25. The highest BCUT2D eigenvalue weighted by atomic mass is 16.5. The number of hydrogen-bond acceptors (Lipinski definition) is 1. The molecule has 0 amide bonds. The van der Waals surface area contributed by atoms with Crippen molar-refractivity contribution < 1.29 is 4.74 Å². The van der Waals surface area contributed by atoms with Gasteiger partial charge in [-0.05, 0) is 24.2 Å². The second kappa shape index (κ2) is 4.10. The van der Waals surface area contributed by atoms with Crippen LogP contribution in [0.25, 0.3) is 0 Å². The number of hydrogen-bond donors (Lipinski definition) is 0. The van der Waals surface area contributed by atoms with Gasteiger partial charge in [-0.15, -0.1) is 0 Å². The molecular formula is C10H20O. The van der Waals surface area contributed by atoms with E-state index in [1.807, 2.05) is 0 Å². The van der Waals surface area contributed by atoms with Gasteiger partial charge in [0.25, 0.3) is 0 Å². The maximum absolute atomic E-state index is 5.45. The van der Waals surface area contributed by atoms with Crippen LogP contribution < -0.4 is 0 Å². The summed E-state index contributed by atoms with van der Waals surface area (Å²) in [5.41, 5.74) is 0. The van der Waals surface area contributed by atoms with Crippen molar-refractivity contribution in [1.82, 2.24) is 0 Å². The lowest BCUT2D eigenvalue weighted by Crippen LogP contribution is -2.30. The second-order valence-corrected chi connectivity index (χ2v) is 3.94. The average molecular weight is 156 g/mol. The maximum Gasteiger partial charge on any atom is 0.0496 e. The Morgan fingerprint density at radius 2 is 2.18 bits per heavy atom. The van der Waals surface area contributed by atoms with E-state index in [-0.39, 0.29) is 0 Å². The molecule has 1 rings (SSSR count). The molecular weight excluding hydrogens is 136 g/mol. The van der Waals surface area contributed by atoms with Gasteiger partial charge >= 0.3 is 0 Å². The molecule has 0 saturated carbocycles. The van der Waals surface area contributed by atoms with Gasteiger partial charge in [-0.1, -0.05) is 27.2 Å². The van der Waals surface area contributed by atoms with Crippen LogP contribution in [0.4, 0.5) is 0 Å². The van der Waals surface area contributed by atoms with Crippen molar-refractivity contribution >= 4 is 0 Å². The summed E-state index contributed by atoms with van der Waals surface area (Å²) >= 11 is 0. The van der Waals surface area contributed by atoms with Crippen LogP contribution in [-0.4, -0.2) is 13.2 Å². The minimum absolute atomic E-state index is 0.823. The normalized spacial score (nSPS) is 32.7. The smallest absolute Gasteiger partial charge is 0.0496 e. The van der Waals surface area contributed by atoms with Crippen molar-refractivity contribution in [3.05, 3.63) is 0 Å². The van der Waals surface area contributed by atoms with E-state index in [0.29, 0.717) is 0 Å². The van der Waals surface area contributed by atoms with Gasteiger partial charge in [0.15, 0.2) is 0 Å². The molecule has 0 spiro atoms. The molecule has 1 saturated heterocycles. The van der Waals surface area contributed by atoms with Gasteiger partial charge in [-0.3, -0.25) is 0 Å². The molecule has 1 heteroatoms. The minimum atomic E-state index is 0.823. The summed E-state index contributed by atoms with van der Waals surface area (Å²) in [6, 6.07) is 0. The standard InChI is InChI=1S/C10H20O/c1-4-9-7-11-6-5-10(9)8(2)3/h8-10H,4-7H2,1-3H3. The van der Waals surface area contributed by atoms with Gasteiger partial charge in [0.2, 0.25) is 0 Å². The van der Waals surface area contributed by atoms with Crippen LogP contribution >= 0.6 is 0 Å². The van der Waals surface area contributed by atoms with E-state index < -0.39 is 0 Å². The minimum Gasteiger partial charge on any atom is -0.381 e. The predicted octanol–water partition coefficient (Wildman–Crippen LogP) is 2.71. The lowest BCUT2D eigenvalue weighted by molar-refractivity contribution is -0.000306. The van der Waals surface area contributed by atoms with Gasteiger partial charge in [0, 0.05) is 13.2 Å². The maximum atomic E-state index is 5.45. The largest absolute Gasteiger partial charge is 0.381 e. The lowest BCUT2D eigenvalue weighted by atomic mass is 9.79. The fraction of sp³-hybridized carbons (Fsp3) is 1.00. The lowest BCUT2D eigenvalue weighted by Gasteiger charge is -2.33. The second-order valence-electron chi connectivity index (χ2n) is 3.94. The summed E-state index contributed by atoms with van der Waals surface area (Å²) in [6.07, 6.45) is 2.55. The third-order valence-electron chi connectivity index (χ3n) is 2.91. The fourth-order valence-corrected chi connectivity index (χ4v) is 2.11. The molecule has 0 aromatic rings. The molecule has 0 aliphatic carbocycles. The molecule has 0 aromatic heterocycles. The summed E-state index contributed by atoms with van der Waals surface area (Å²) in [4.78, 5) is 0. The molecule has 1 nitrogen and oxygen atoms in total. The zero-order valence-corrected chi connectivity index (χ0v) is 7.97. The van der Waals surface area contributed by atoms with Crippen molar-refractivity contribution in [2.75, 3.05) is 13.2 Å². The number of ether oxygens (including phenoxy) is 1. The van der Waals surface area contributed by atoms with E-state index in [4.69, 9.17) is 4.74 Å². The van der Waals surface area contributed by atoms with Gasteiger partial charge in [-0.25, -0.2) is 0 Å². The molecule has 0 aromatic carbocycles. The number of rotatable bonds is 2. The summed E-state index contributed by atoms with van der Waals surface area (Å²) in [7, 11) is 0. The molecule has 1 aliphatic rings. The van der Waals surface area contributed by atoms with Crippen molar-refractivity contribution in [3.63, 3.8) is 0 Å². The Morgan fingerprint density at radius 3 is 2.64 bits per heavy atom. The third kappa shape index (κ3) is 2.19. The van der Waals surface area contributed by atoms with Gasteiger partial charge in [0.05, 0.1) is 0 Å². The quantitative estimate of drug-likeness (QED) is 0.597. The molecule has 11 heavy (non-hydrogen) atoms. The Balaban J connectivity index is 2.44. The average Bonchev–Trinajstić information content (AvgIpc) is 2.04. The molecule has 0 radical (unpaired) electrons. The monoisotopic (exact) mass is 156 g/mol. The van der Waals surface area contributed by atoms with Crippen LogP contribution in [0.5, 0.6) is 0 Å². The first kappa shape index (κ1) is 9.05. The predicted molar refractivity (Wildman–Crippen MR) is 47.5 cm³/mol. The van der Waals surface area contributed by atoms with Crippen LogP contribution in [0, 0.1) is 17.8 Å². The molecule has 2 atom stereocenters. The highest BCUT2D eigenvalue weighted by Gasteiger charge is 2.26. The summed E-state index contributed by atoms with van der Waals surface area (Å²) in [5, 5.41) is 0. The van der Waals surface area contributed by atoms with Gasteiger partial charge < -0.3 is 4.74 Å². The van der Waals surface area contributed by atoms with Crippen LogP contribution in [-0.2, 0) is 4.74 Å².